The number of rotatable bonds is 5. The first-order valence-electron chi connectivity index (χ1n) is 11.2. The normalized spacial score (nSPS) is 22.9. The van der Waals surface area contributed by atoms with E-state index >= 15 is 0 Å². The van der Waals surface area contributed by atoms with Gasteiger partial charge in [0.25, 0.3) is 0 Å². The molecule has 1 aliphatic rings. The fourth-order valence-corrected chi connectivity index (χ4v) is 4.25. The molecule has 37 heavy (non-hydrogen) atoms. The highest BCUT2D eigenvalue weighted by atomic mass is 35.5. The molecular formula is C24H24ClF3N6O3. The first kappa shape index (κ1) is 26.7. The van der Waals surface area contributed by atoms with E-state index in [-0.39, 0.29) is 29.3 Å². The van der Waals surface area contributed by atoms with Crippen LogP contribution in [0.2, 0.25) is 5.02 Å². The number of amidine groups is 2. The second-order valence-electron chi connectivity index (χ2n) is 8.63. The van der Waals surface area contributed by atoms with E-state index < -0.39 is 48.4 Å². The number of ether oxygens (including phenoxy) is 1. The van der Waals surface area contributed by atoms with Crippen molar-refractivity contribution in [2.75, 3.05) is 6.61 Å². The van der Waals surface area contributed by atoms with E-state index in [1.54, 1.807) is 25.1 Å². The maximum Gasteiger partial charge on any atom is 0.194 e. The monoisotopic (exact) mass is 536 g/mol. The van der Waals surface area contributed by atoms with Crippen molar-refractivity contribution in [3.8, 4) is 11.3 Å². The first-order chi connectivity index (χ1) is 17.6. The molecule has 0 bridgehead atoms. The van der Waals surface area contributed by atoms with Crippen molar-refractivity contribution >= 4 is 29.0 Å². The lowest BCUT2D eigenvalue weighted by atomic mass is 9.95. The van der Waals surface area contributed by atoms with E-state index in [1.807, 2.05) is 6.92 Å². The molecule has 9 nitrogen and oxygen atoms in total. The van der Waals surface area contributed by atoms with Crippen molar-refractivity contribution in [1.29, 1.82) is 0 Å². The number of aliphatic hydroxyl groups excluding tert-OH is 2. The fourth-order valence-electron chi connectivity index (χ4n) is 4.03. The van der Waals surface area contributed by atoms with Gasteiger partial charge in [0.05, 0.1) is 30.4 Å². The smallest absolute Gasteiger partial charge is 0.194 e. The molecule has 2 aromatic carbocycles. The standard InChI is InChI=1S/C24H24ClF3N6O3/c1-11-5-14(25)3-4-17(11)31-24(30-12(2)29)20-8-19(23(36)21(10-35)37-20)34-9-18(32-33-34)13-6-15(26)22(28)16(27)7-13/h3-7,9,19-21,23,35-36H,8,10H2,1-2H3,(H2,29,30,31). The molecule has 4 rings (SSSR count). The van der Waals surface area contributed by atoms with E-state index in [1.165, 1.54) is 10.9 Å². The Kier molecular flexibility index (Phi) is 7.93. The van der Waals surface area contributed by atoms with Crippen LogP contribution in [0.1, 0.15) is 24.9 Å². The highest BCUT2D eigenvalue weighted by molar-refractivity contribution is 6.30. The Bertz CT molecular complexity index is 1340. The van der Waals surface area contributed by atoms with Crippen LogP contribution in [0.25, 0.3) is 11.3 Å². The molecule has 0 aliphatic carbocycles. The van der Waals surface area contributed by atoms with Crippen molar-refractivity contribution < 1.29 is 28.1 Å². The van der Waals surface area contributed by atoms with Crippen LogP contribution in [-0.4, -0.2) is 61.8 Å². The maximum atomic E-state index is 13.7. The van der Waals surface area contributed by atoms with Gasteiger partial charge in [0.1, 0.15) is 24.0 Å². The SMILES string of the molecule is CC(N)=NC(=Nc1ccc(Cl)cc1C)C1CC(n2cc(-c3cc(F)c(F)c(F)c3)nn2)C(O)C(CO)O1. The summed E-state index contributed by atoms with van der Waals surface area (Å²) in [4.78, 5) is 8.92. The maximum absolute atomic E-state index is 13.7. The van der Waals surface area contributed by atoms with Crippen LogP contribution < -0.4 is 5.73 Å². The van der Waals surface area contributed by atoms with Gasteiger partial charge in [-0.2, -0.15) is 0 Å². The van der Waals surface area contributed by atoms with Crippen molar-refractivity contribution in [2.24, 2.45) is 15.7 Å². The predicted octanol–water partition coefficient (Wildman–Crippen LogP) is 3.48. The minimum atomic E-state index is -1.59. The number of aliphatic hydroxyl groups is 2. The average molecular weight is 537 g/mol. The van der Waals surface area contributed by atoms with Crippen LogP contribution in [0.15, 0.2) is 46.5 Å². The molecule has 1 aliphatic heterocycles. The third-order valence-electron chi connectivity index (χ3n) is 5.85. The molecule has 3 aromatic rings. The van der Waals surface area contributed by atoms with Crippen molar-refractivity contribution in [3.05, 3.63) is 64.6 Å². The van der Waals surface area contributed by atoms with Crippen LogP contribution in [0.4, 0.5) is 18.9 Å². The minimum Gasteiger partial charge on any atom is -0.394 e. The number of nitrogens with zero attached hydrogens (tertiary/aromatic N) is 5. The van der Waals surface area contributed by atoms with Crippen LogP contribution >= 0.6 is 11.6 Å². The lowest BCUT2D eigenvalue weighted by molar-refractivity contribution is -0.137. The van der Waals surface area contributed by atoms with E-state index in [9.17, 15) is 23.4 Å². The first-order valence-corrected chi connectivity index (χ1v) is 11.6. The van der Waals surface area contributed by atoms with Gasteiger partial charge in [-0.15, -0.1) is 5.10 Å². The molecule has 1 aromatic heterocycles. The summed E-state index contributed by atoms with van der Waals surface area (Å²) in [7, 11) is 0. The van der Waals surface area contributed by atoms with E-state index in [0.717, 1.165) is 17.7 Å². The quantitative estimate of drug-likeness (QED) is 0.260. The second kappa shape index (κ2) is 11.0. The summed E-state index contributed by atoms with van der Waals surface area (Å²) >= 11 is 6.05. The summed E-state index contributed by atoms with van der Waals surface area (Å²) in [6.45, 7) is 2.88. The number of aliphatic imine (C=N–C) groups is 2. The van der Waals surface area contributed by atoms with Gasteiger partial charge in [0.2, 0.25) is 0 Å². The number of aromatic nitrogens is 3. The van der Waals surface area contributed by atoms with Gasteiger partial charge < -0.3 is 20.7 Å². The van der Waals surface area contributed by atoms with E-state index in [0.29, 0.717) is 10.7 Å². The Labute approximate surface area is 215 Å². The van der Waals surface area contributed by atoms with Gasteiger partial charge in [0.15, 0.2) is 23.3 Å². The minimum absolute atomic E-state index is 0.0386. The third kappa shape index (κ3) is 5.82. The molecule has 13 heteroatoms. The van der Waals surface area contributed by atoms with Gasteiger partial charge in [-0.05, 0) is 49.7 Å². The molecule has 0 spiro atoms. The van der Waals surface area contributed by atoms with Crippen LogP contribution in [-0.2, 0) is 4.74 Å². The molecule has 1 saturated heterocycles. The summed E-state index contributed by atoms with van der Waals surface area (Å²) < 4.78 is 48.0. The number of hydrogen-bond acceptors (Lipinski definition) is 6. The fraction of sp³-hybridized carbons (Fsp3) is 0.333. The lowest BCUT2D eigenvalue weighted by Gasteiger charge is -2.38. The Balaban J connectivity index is 1.70. The summed E-state index contributed by atoms with van der Waals surface area (Å²) in [5, 5.41) is 29.2. The van der Waals surface area contributed by atoms with Gasteiger partial charge in [0, 0.05) is 17.0 Å². The molecule has 4 atom stereocenters. The number of nitrogens with two attached hydrogens (primary N) is 1. The zero-order chi connectivity index (χ0) is 26.9. The van der Waals surface area contributed by atoms with Crippen LogP contribution in [0.5, 0.6) is 0 Å². The molecule has 196 valence electrons. The summed E-state index contributed by atoms with van der Waals surface area (Å²) in [6, 6.07) is 5.92. The molecule has 4 N–H and O–H groups in total. The van der Waals surface area contributed by atoms with Gasteiger partial charge >= 0.3 is 0 Å². The van der Waals surface area contributed by atoms with E-state index in [2.05, 4.69) is 20.3 Å². The molecule has 0 saturated carbocycles. The molecule has 0 amide bonds. The Morgan fingerprint density at radius 2 is 1.95 bits per heavy atom. The second-order valence-corrected chi connectivity index (χ2v) is 9.07. The highest BCUT2D eigenvalue weighted by Crippen LogP contribution is 2.33. The Morgan fingerprint density at radius 1 is 1.24 bits per heavy atom. The number of halogens is 4. The topological polar surface area (TPSA) is 131 Å². The van der Waals surface area contributed by atoms with Gasteiger partial charge in [-0.25, -0.2) is 27.8 Å². The molecule has 1 fully saturated rings. The van der Waals surface area contributed by atoms with Gasteiger partial charge in [-0.3, -0.25) is 0 Å². The lowest BCUT2D eigenvalue weighted by Crippen LogP contribution is -2.50. The van der Waals surface area contributed by atoms with Crippen LogP contribution in [0.3, 0.4) is 0 Å². The molecule has 4 unspecified atom stereocenters. The summed E-state index contributed by atoms with van der Waals surface area (Å²) in [5.41, 5.74) is 7.20. The number of benzene rings is 2. The number of aryl methyl sites for hydroxylation is 1. The molecule has 0 radical (unpaired) electrons. The summed E-state index contributed by atoms with van der Waals surface area (Å²) in [5.74, 6) is -3.93. The van der Waals surface area contributed by atoms with Crippen LogP contribution in [0, 0.1) is 24.4 Å². The predicted molar refractivity (Wildman–Crippen MR) is 131 cm³/mol. The zero-order valence-electron chi connectivity index (χ0n) is 19.8. The largest absolute Gasteiger partial charge is 0.394 e. The highest BCUT2D eigenvalue weighted by Gasteiger charge is 2.41. The van der Waals surface area contributed by atoms with Gasteiger partial charge in [-0.1, -0.05) is 16.8 Å². The third-order valence-corrected chi connectivity index (χ3v) is 6.09. The Morgan fingerprint density at radius 3 is 2.57 bits per heavy atom. The number of hydrogen-bond donors (Lipinski definition) is 3. The van der Waals surface area contributed by atoms with Crippen molar-refractivity contribution in [1.82, 2.24) is 15.0 Å². The Hall–Kier alpha value is -3.32. The summed E-state index contributed by atoms with van der Waals surface area (Å²) in [6.07, 6.45) is -1.64. The van der Waals surface area contributed by atoms with Crippen molar-refractivity contribution in [2.45, 2.75) is 44.6 Å². The van der Waals surface area contributed by atoms with E-state index in [4.69, 9.17) is 22.1 Å². The zero-order valence-corrected chi connectivity index (χ0v) is 20.6. The average Bonchev–Trinajstić information content (AvgIpc) is 3.33. The molecular weight excluding hydrogens is 513 g/mol. The molecule has 2 heterocycles. The van der Waals surface area contributed by atoms with Crippen molar-refractivity contribution in [3.63, 3.8) is 0 Å².